The molecule has 0 radical (unpaired) electrons. The van der Waals surface area contributed by atoms with Crippen LogP contribution in [-0.4, -0.2) is 12.8 Å². The van der Waals surface area contributed by atoms with Crippen LogP contribution in [0.25, 0.3) is 0 Å². The molecule has 2 aromatic rings. The van der Waals surface area contributed by atoms with E-state index in [2.05, 4.69) is 47.6 Å². The van der Waals surface area contributed by atoms with Crippen LogP contribution in [0.4, 0.5) is 17.1 Å². The van der Waals surface area contributed by atoms with Gasteiger partial charge in [-0.25, -0.2) is 0 Å². The number of nitrogens with two attached hydrogens (primary N) is 1. The van der Waals surface area contributed by atoms with Gasteiger partial charge in [0, 0.05) is 28.5 Å². The summed E-state index contributed by atoms with van der Waals surface area (Å²) in [7, 11) is 0. The van der Waals surface area contributed by atoms with E-state index in [1.54, 1.807) is 11.8 Å². The SMILES string of the molecule is CSc1ccc(N2CCc3cc(N)ccc32)cc1. The number of thioether (sulfide) groups is 1. The Morgan fingerprint density at radius 3 is 2.61 bits per heavy atom. The first-order valence-corrected chi connectivity index (χ1v) is 7.30. The van der Waals surface area contributed by atoms with Crippen LogP contribution in [0.5, 0.6) is 0 Å². The standard InChI is InChI=1S/C15H16N2S/c1-18-14-5-3-13(4-6-14)17-9-8-11-10-12(16)2-7-15(11)17/h2-7,10H,8-9,16H2,1H3. The van der Waals surface area contributed by atoms with Crippen LogP contribution in [-0.2, 0) is 6.42 Å². The van der Waals surface area contributed by atoms with Gasteiger partial charge in [0.05, 0.1) is 0 Å². The van der Waals surface area contributed by atoms with Gasteiger partial charge in [-0.3, -0.25) is 0 Å². The topological polar surface area (TPSA) is 29.3 Å². The lowest BCUT2D eigenvalue weighted by Gasteiger charge is -2.19. The minimum absolute atomic E-state index is 0.855. The summed E-state index contributed by atoms with van der Waals surface area (Å²) in [6.07, 6.45) is 3.17. The van der Waals surface area contributed by atoms with Crippen LogP contribution in [0.2, 0.25) is 0 Å². The molecule has 0 fully saturated rings. The Morgan fingerprint density at radius 1 is 1.11 bits per heavy atom. The van der Waals surface area contributed by atoms with E-state index in [-0.39, 0.29) is 0 Å². The fourth-order valence-corrected chi connectivity index (χ4v) is 2.86. The molecular weight excluding hydrogens is 240 g/mol. The lowest BCUT2D eigenvalue weighted by Crippen LogP contribution is -2.12. The van der Waals surface area contributed by atoms with Crippen LogP contribution < -0.4 is 10.6 Å². The lowest BCUT2D eigenvalue weighted by atomic mass is 10.1. The maximum absolute atomic E-state index is 5.83. The normalized spacial score (nSPS) is 13.7. The number of rotatable bonds is 2. The van der Waals surface area contributed by atoms with Crippen molar-refractivity contribution in [3.63, 3.8) is 0 Å². The Hall–Kier alpha value is -1.61. The minimum atomic E-state index is 0.855. The van der Waals surface area contributed by atoms with E-state index < -0.39 is 0 Å². The molecule has 0 atom stereocenters. The molecule has 92 valence electrons. The molecule has 0 aliphatic carbocycles. The van der Waals surface area contributed by atoms with E-state index in [0.717, 1.165) is 18.7 Å². The van der Waals surface area contributed by atoms with E-state index in [0.29, 0.717) is 0 Å². The van der Waals surface area contributed by atoms with E-state index >= 15 is 0 Å². The molecule has 3 rings (SSSR count). The zero-order valence-electron chi connectivity index (χ0n) is 10.4. The average molecular weight is 256 g/mol. The molecule has 0 aromatic heterocycles. The first-order valence-electron chi connectivity index (χ1n) is 6.08. The van der Waals surface area contributed by atoms with E-state index in [4.69, 9.17) is 5.73 Å². The largest absolute Gasteiger partial charge is 0.399 e. The third-order valence-electron chi connectivity index (χ3n) is 3.38. The maximum atomic E-state index is 5.83. The predicted molar refractivity (Wildman–Crippen MR) is 79.8 cm³/mol. The summed E-state index contributed by atoms with van der Waals surface area (Å²) in [6.45, 7) is 1.04. The lowest BCUT2D eigenvalue weighted by molar-refractivity contribution is 0.997. The van der Waals surface area contributed by atoms with Crippen LogP contribution in [0, 0.1) is 0 Å². The molecular formula is C15H16N2S. The monoisotopic (exact) mass is 256 g/mol. The number of anilines is 3. The van der Waals surface area contributed by atoms with Crippen LogP contribution >= 0.6 is 11.8 Å². The molecule has 1 aliphatic rings. The van der Waals surface area contributed by atoms with E-state index in [1.165, 1.54) is 21.8 Å². The van der Waals surface area contributed by atoms with Crippen molar-refractivity contribution >= 4 is 28.8 Å². The smallest absolute Gasteiger partial charge is 0.0445 e. The van der Waals surface area contributed by atoms with Gasteiger partial charge >= 0.3 is 0 Å². The number of nitrogen functional groups attached to an aromatic ring is 1. The van der Waals surface area contributed by atoms with Crippen molar-refractivity contribution in [2.24, 2.45) is 0 Å². The van der Waals surface area contributed by atoms with E-state index in [9.17, 15) is 0 Å². The zero-order chi connectivity index (χ0) is 12.5. The molecule has 0 amide bonds. The molecule has 0 saturated carbocycles. The van der Waals surface area contributed by atoms with Crippen molar-refractivity contribution in [1.29, 1.82) is 0 Å². The summed E-state index contributed by atoms with van der Waals surface area (Å²) in [5.74, 6) is 0. The summed E-state index contributed by atoms with van der Waals surface area (Å²) in [4.78, 5) is 3.66. The number of nitrogens with zero attached hydrogens (tertiary/aromatic N) is 1. The number of hydrogen-bond acceptors (Lipinski definition) is 3. The van der Waals surface area contributed by atoms with Gasteiger partial charge in [-0.1, -0.05) is 0 Å². The van der Waals surface area contributed by atoms with Crippen LogP contribution in [0.15, 0.2) is 47.4 Å². The van der Waals surface area contributed by atoms with Crippen molar-refractivity contribution in [3.05, 3.63) is 48.0 Å². The highest BCUT2D eigenvalue weighted by Gasteiger charge is 2.20. The number of fused-ring (bicyclic) bond motifs is 1. The summed E-state index contributed by atoms with van der Waals surface area (Å²) < 4.78 is 0. The Bertz CT molecular complexity index is 563. The Balaban J connectivity index is 1.95. The molecule has 2 nitrogen and oxygen atoms in total. The second-order valence-electron chi connectivity index (χ2n) is 4.49. The third-order valence-corrected chi connectivity index (χ3v) is 4.13. The van der Waals surface area contributed by atoms with Gasteiger partial charge in [0.1, 0.15) is 0 Å². The quantitative estimate of drug-likeness (QED) is 0.656. The third kappa shape index (κ3) is 1.95. The fourth-order valence-electron chi connectivity index (χ4n) is 2.45. The predicted octanol–water partition coefficient (Wildman–Crippen LogP) is 3.68. The van der Waals surface area contributed by atoms with Gasteiger partial charge in [0.25, 0.3) is 0 Å². The highest BCUT2D eigenvalue weighted by molar-refractivity contribution is 7.98. The first-order chi connectivity index (χ1) is 8.78. The van der Waals surface area contributed by atoms with Gasteiger partial charge in [0.15, 0.2) is 0 Å². The molecule has 2 aromatic carbocycles. The van der Waals surface area contributed by atoms with Crippen molar-refractivity contribution in [2.75, 3.05) is 23.4 Å². The molecule has 0 bridgehead atoms. The van der Waals surface area contributed by atoms with Gasteiger partial charge in [-0.05, 0) is 60.7 Å². The number of benzene rings is 2. The zero-order valence-corrected chi connectivity index (χ0v) is 11.2. The van der Waals surface area contributed by atoms with Crippen molar-refractivity contribution < 1.29 is 0 Å². The second kappa shape index (κ2) is 4.58. The van der Waals surface area contributed by atoms with Crippen LogP contribution in [0.1, 0.15) is 5.56 Å². The minimum Gasteiger partial charge on any atom is -0.399 e. The molecule has 1 heterocycles. The summed E-state index contributed by atoms with van der Waals surface area (Å²) in [5.41, 5.74) is 10.6. The van der Waals surface area contributed by atoms with Gasteiger partial charge < -0.3 is 10.6 Å². The van der Waals surface area contributed by atoms with Gasteiger partial charge in [0.2, 0.25) is 0 Å². The molecule has 0 saturated heterocycles. The molecule has 0 unspecified atom stereocenters. The number of hydrogen-bond donors (Lipinski definition) is 1. The van der Waals surface area contributed by atoms with Crippen molar-refractivity contribution in [2.45, 2.75) is 11.3 Å². The van der Waals surface area contributed by atoms with Gasteiger partial charge in [-0.15, -0.1) is 11.8 Å². The van der Waals surface area contributed by atoms with Crippen molar-refractivity contribution in [1.82, 2.24) is 0 Å². The Kier molecular flexibility index (Phi) is 2.92. The Labute approximate surface area is 112 Å². The molecule has 1 aliphatic heterocycles. The summed E-state index contributed by atoms with van der Waals surface area (Å²) >= 11 is 1.77. The maximum Gasteiger partial charge on any atom is 0.0445 e. The molecule has 0 spiro atoms. The van der Waals surface area contributed by atoms with E-state index in [1.807, 2.05) is 6.07 Å². The summed E-state index contributed by atoms with van der Waals surface area (Å²) in [5, 5.41) is 0. The van der Waals surface area contributed by atoms with Crippen LogP contribution in [0.3, 0.4) is 0 Å². The average Bonchev–Trinajstić information content (AvgIpc) is 2.81. The highest BCUT2D eigenvalue weighted by atomic mass is 32.2. The fraction of sp³-hybridized carbons (Fsp3) is 0.200. The Morgan fingerprint density at radius 2 is 1.89 bits per heavy atom. The highest BCUT2D eigenvalue weighted by Crippen LogP contribution is 2.35. The first kappa shape index (κ1) is 11.5. The summed E-state index contributed by atoms with van der Waals surface area (Å²) in [6, 6.07) is 14.9. The second-order valence-corrected chi connectivity index (χ2v) is 5.37. The van der Waals surface area contributed by atoms with Crippen molar-refractivity contribution in [3.8, 4) is 0 Å². The molecule has 2 N–H and O–H groups in total. The van der Waals surface area contributed by atoms with Gasteiger partial charge in [-0.2, -0.15) is 0 Å². The molecule has 18 heavy (non-hydrogen) atoms. The molecule has 3 heteroatoms.